The van der Waals surface area contributed by atoms with Crippen LogP contribution in [-0.4, -0.2) is 12.6 Å². The summed E-state index contributed by atoms with van der Waals surface area (Å²) in [5.41, 5.74) is 3.24. The van der Waals surface area contributed by atoms with Gasteiger partial charge in [-0.3, -0.25) is 4.79 Å². The van der Waals surface area contributed by atoms with E-state index in [1.807, 2.05) is 48.5 Å². The largest absolute Gasteiger partial charge is 0.493 e. The minimum atomic E-state index is -0.308. The first kappa shape index (κ1) is 16.1. The van der Waals surface area contributed by atoms with Crippen LogP contribution in [-0.2, 0) is 22.6 Å². The van der Waals surface area contributed by atoms with Crippen LogP contribution in [0.1, 0.15) is 24.5 Å². The maximum absolute atomic E-state index is 10.9. The zero-order valence-electron chi connectivity index (χ0n) is 13.7. The molecule has 124 valence electrons. The van der Waals surface area contributed by atoms with Crippen molar-refractivity contribution in [3.05, 3.63) is 71.5 Å². The van der Waals surface area contributed by atoms with Crippen molar-refractivity contribution in [1.82, 2.24) is 0 Å². The quantitative estimate of drug-likeness (QED) is 0.629. The molecule has 0 saturated heterocycles. The fraction of sp³-hybridized carbons (Fsp3) is 0.250. The fourth-order valence-corrected chi connectivity index (χ4v) is 2.54. The van der Waals surface area contributed by atoms with Gasteiger partial charge in [0.15, 0.2) is 0 Å². The Morgan fingerprint density at radius 1 is 1.21 bits per heavy atom. The van der Waals surface area contributed by atoms with E-state index in [-0.39, 0.29) is 5.97 Å². The van der Waals surface area contributed by atoms with Crippen molar-refractivity contribution >= 4 is 5.97 Å². The Morgan fingerprint density at radius 2 is 2.04 bits per heavy atom. The highest BCUT2D eigenvalue weighted by Gasteiger charge is 2.14. The molecule has 0 unspecified atom stereocenters. The Morgan fingerprint density at radius 3 is 2.83 bits per heavy atom. The minimum Gasteiger partial charge on any atom is -0.493 e. The Bertz CT molecular complexity index is 735. The van der Waals surface area contributed by atoms with Gasteiger partial charge in [0.1, 0.15) is 18.1 Å². The van der Waals surface area contributed by atoms with Crippen molar-refractivity contribution in [1.29, 1.82) is 0 Å². The highest BCUT2D eigenvalue weighted by Crippen LogP contribution is 2.30. The lowest BCUT2D eigenvalue weighted by Gasteiger charge is -2.11. The van der Waals surface area contributed by atoms with Crippen LogP contribution in [0.2, 0.25) is 0 Å². The van der Waals surface area contributed by atoms with E-state index >= 15 is 0 Å². The number of benzene rings is 2. The summed E-state index contributed by atoms with van der Waals surface area (Å²) in [5, 5.41) is 0. The van der Waals surface area contributed by atoms with Crippen molar-refractivity contribution in [3.8, 4) is 11.5 Å². The van der Waals surface area contributed by atoms with E-state index in [2.05, 4.69) is 0 Å². The number of carbonyl (C=O) groups excluding carboxylic acids is 1. The Kier molecular flexibility index (Phi) is 5.16. The number of hydrogen-bond acceptors (Lipinski definition) is 4. The summed E-state index contributed by atoms with van der Waals surface area (Å²) >= 11 is 0. The number of rotatable bonds is 4. The van der Waals surface area contributed by atoms with Gasteiger partial charge >= 0.3 is 5.97 Å². The summed E-state index contributed by atoms with van der Waals surface area (Å²) in [6, 6.07) is 15.9. The summed E-state index contributed by atoms with van der Waals surface area (Å²) in [6.07, 6.45) is 2.99. The summed E-state index contributed by atoms with van der Waals surface area (Å²) in [5.74, 6) is 1.30. The van der Waals surface area contributed by atoms with Gasteiger partial charge in [0.25, 0.3) is 0 Å². The summed E-state index contributed by atoms with van der Waals surface area (Å²) in [4.78, 5) is 10.9. The smallest absolute Gasteiger partial charge is 0.307 e. The van der Waals surface area contributed by atoms with Gasteiger partial charge in [-0.2, -0.15) is 0 Å². The molecule has 0 radical (unpaired) electrons. The normalized spacial score (nSPS) is 15.1. The van der Waals surface area contributed by atoms with Crippen molar-refractivity contribution in [2.24, 2.45) is 0 Å². The van der Waals surface area contributed by atoms with Crippen LogP contribution in [0.25, 0.3) is 0 Å². The van der Waals surface area contributed by atoms with Gasteiger partial charge in [-0.15, -0.1) is 0 Å². The molecule has 0 amide bonds. The first-order valence-corrected chi connectivity index (χ1v) is 7.98. The average Bonchev–Trinajstić information content (AvgIpc) is 2.80. The third kappa shape index (κ3) is 4.38. The van der Waals surface area contributed by atoms with Crippen LogP contribution in [0.5, 0.6) is 11.5 Å². The number of hydrogen-bond donors (Lipinski definition) is 0. The number of ether oxygens (including phenoxy) is 3. The van der Waals surface area contributed by atoms with E-state index in [0.29, 0.717) is 19.6 Å². The molecule has 1 heterocycles. The Balaban J connectivity index is 1.68. The third-order valence-corrected chi connectivity index (χ3v) is 3.78. The van der Waals surface area contributed by atoms with Crippen molar-refractivity contribution in [2.75, 3.05) is 6.61 Å². The second-order valence-electron chi connectivity index (χ2n) is 5.70. The van der Waals surface area contributed by atoms with E-state index in [4.69, 9.17) is 14.2 Å². The monoisotopic (exact) mass is 324 g/mol. The number of esters is 1. The standard InChI is InChI=1S/C20H20O4/c1-15(21)23-14-17-9-10-22-20-12-19(8-7-18(20)11-17)24-13-16-5-3-2-4-6-16/h2-8,12,14H,9-11,13H2,1H3/b17-14-. The number of fused-ring (bicyclic) bond motifs is 1. The molecule has 0 aromatic heterocycles. The zero-order valence-corrected chi connectivity index (χ0v) is 13.7. The molecule has 0 aliphatic carbocycles. The van der Waals surface area contributed by atoms with E-state index in [9.17, 15) is 4.79 Å². The molecule has 0 bridgehead atoms. The van der Waals surface area contributed by atoms with Gasteiger partial charge in [0.2, 0.25) is 0 Å². The van der Waals surface area contributed by atoms with Crippen molar-refractivity contribution in [2.45, 2.75) is 26.4 Å². The molecule has 0 spiro atoms. The molecule has 2 aromatic rings. The molecular weight excluding hydrogens is 304 g/mol. The SMILES string of the molecule is CC(=O)O/C=C1/CCOc2cc(OCc3ccccc3)ccc2C1. The van der Waals surface area contributed by atoms with Crippen molar-refractivity contribution in [3.63, 3.8) is 0 Å². The number of carbonyl (C=O) groups is 1. The molecule has 0 N–H and O–H groups in total. The van der Waals surface area contributed by atoms with Crippen LogP contribution in [0.4, 0.5) is 0 Å². The van der Waals surface area contributed by atoms with Gasteiger partial charge in [0, 0.05) is 25.8 Å². The first-order chi connectivity index (χ1) is 11.7. The maximum Gasteiger partial charge on any atom is 0.307 e. The zero-order chi connectivity index (χ0) is 16.8. The Labute approximate surface area is 141 Å². The molecular formula is C20H20O4. The minimum absolute atomic E-state index is 0.308. The lowest BCUT2D eigenvalue weighted by molar-refractivity contribution is -0.135. The molecule has 0 saturated carbocycles. The van der Waals surface area contributed by atoms with E-state index in [1.54, 1.807) is 6.26 Å². The van der Waals surface area contributed by atoms with Crippen LogP contribution in [0.3, 0.4) is 0 Å². The molecule has 1 aliphatic rings. The second-order valence-corrected chi connectivity index (χ2v) is 5.70. The van der Waals surface area contributed by atoms with Crippen LogP contribution in [0.15, 0.2) is 60.4 Å². The molecule has 0 atom stereocenters. The summed E-state index contributed by atoms with van der Waals surface area (Å²) in [6.45, 7) is 2.48. The molecule has 4 heteroatoms. The fourth-order valence-electron chi connectivity index (χ4n) is 2.54. The van der Waals surface area contributed by atoms with E-state index < -0.39 is 0 Å². The molecule has 24 heavy (non-hydrogen) atoms. The molecule has 1 aliphatic heterocycles. The van der Waals surface area contributed by atoms with Crippen LogP contribution in [0, 0.1) is 0 Å². The van der Waals surface area contributed by atoms with Gasteiger partial charge in [0.05, 0.1) is 12.9 Å². The van der Waals surface area contributed by atoms with Crippen LogP contribution >= 0.6 is 0 Å². The van der Waals surface area contributed by atoms with E-state index in [1.165, 1.54) is 6.92 Å². The maximum atomic E-state index is 10.9. The summed E-state index contributed by atoms with van der Waals surface area (Å²) in [7, 11) is 0. The topological polar surface area (TPSA) is 44.8 Å². The van der Waals surface area contributed by atoms with Gasteiger partial charge in [-0.1, -0.05) is 36.4 Å². The highest BCUT2D eigenvalue weighted by atomic mass is 16.5. The predicted octanol–water partition coefficient (Wildman–Crippen LogP) is 4.04. The lowest BCUT2D eigenvalue weighted by Crippen LogP contribution is -1.98. The molecule has 2 aromatic carbocycles. The molecule has 3 rings (SSSR count). The second kappa shape index (κ2) is 7.68. The average molecular weight is 324 g/mol. The summed E-state index contributed by atoms with van der Waals surface area (Å²) < 4.78 is 16.6. The van der Waals surface area contributed by atoms with Gasteiger partial charge in [-0.25, -0.2) is 0 Å². The first-order valence-electron chi connectivity index (χ1n) is 7.98. The third-order valence-electron chi connectivity index (χ3n) is 3.78. The van der Waals surface area contributed by atoms with Crippen LogP contribution < -0.4 is 9.47 Å². The Hall–Kier alpha value is -2.75. The van der Waals surface area contributed by atoms with E-state index in [0.717, 1.165) is 34.6 Å². The molecule has 4 nitrogen and oxygen atoms in total. The van der Waals surface area contributed by atoms with Crippen molar-refractivity contribution < 1.29 is 19.0 Å². The van der Waals surface area contributed by atoms with Gasteiger partial charge in [-0.05, 0) is 22.8 Å². The lowest BCUT2D eigenvalue weighted by atomic mass is 10.0. The molecule has 0 fully saturated rings. The highest BCUT2D eigenvalue weighted by molar-refractivity contribution is 5.66. The van der Waals surface area contributed by atoms with Gasteiger partial charge < -0.3 is 14.2 Å². The predicted molar refractivity (Wildman–Crippen MR) is 90.9 cm³/mol.